The monoisotopic (exact) mass is 496 g/mol. The van der Waals surface area contributed by atoms with E-state index in [2.05, 4.69) is 65.8 Å². The topological polar surface area (TPSA) is 36.9 Å². The van der Waals surface area contributed by atoms with Crippen molar-refractivity contribution in [3.05, 3.63) is 68.8 Å². The van der Waals surface area contributed by atoms with Gasteiger partial charge in [-0.3, -0.25) is 0 Å². The molecule has 0 spiro atoms. The van der Waals surface area contributed by atoms with E-state index >= 15 is 0 Å². The number of rotatable bonds is 12. The molecule has 0 saturated carbocycles. The molecule has 0 N–H and O–H groups in total. The lowest BCUT2D eigenvalue weighted by Crippen LogP contribution is -2.07. The van der Waals surface area contributed by atoms with E-state index in [9.17, 15) is 0 Å². The van der Waals surface area contributed by atoms with Gasteiger partial charge in [0, 0.05) is 35.1 Å². The van der Waals surface area contributed by atoms with Gasteiger partial charge in [-0.05, 0) is 74.9 Å². The van der Waals surface area contributed by atoms with Crippen molar-refractivity contribution >= 4 is 11.3 Å². The summed E-state index contributed by atoms with van der Waals surface area (Å²) < 4.78 is 22.7. The second-order valence-electron chi connectivity index (χ2n) is 9.36. The Morgan fingerprint density at radius 1 is 0.543 bits per heavy atom. The lowest BCUT2D eigenvalue weighted by Gasteiger charge is -2.15. The van der Waals surface area contributed by atoms with Crippen LogP contribution in [0.5, 0.6) is 0 Å². The first-order valence-electron chi connectivity index (χ1n) is 12.2. The molecular weight excluding hydrogens is 456 g/mol. The van der Waals surface area contributed by atoms with E-state index in [1.54, 1.807) is 14.2 Å². The minimum absolute atomic E-state index is 0.523. The van der Waals surface area contributed by atoms with Crippen molar-refractivity contribution < 1.29 is 18.9 Å². The summed E-state index contributed by atoms with van der Waals surface area (Å²) in [4.78, 5) is 2.55. The van der Waals surface area contributed by atoms with Crippen LogP contribution in [0.2, 0.25) is 0 Å². The Hall–Kier alpha value is -2.02. The van der Waals surface area contributed by atoms with Gasteiger partial charge in [-0.25, -0.2) is 0 Å². The predicted molar refractivity (Wildman–Crippen MR) is 147 cm³/mol. The van der Waals surface area contributed by atoms with Crippen molar-refractivity contribution in [3.8, 4) is 20.9 Å². The van der Waals surface area contributed by atoms with Gasteiger partial charge >= 0.3 is 0 Å². The second-order valence-corrected chi connectivity index (χ2v) is 10.4. The Morgan fingerprint density at radius 3 is 1.20 bits per heavy atom. The van der Waals surface area contributed by atoms with E-state index in [1.165, 1.54) is 65.4 Å². The van der Waals surface area contributed by atoms with E-state index in [1.807, 2.05) is 11.3 Å². The molecule has 35 heavy (non-hydrogen) atoms. The number of benzene rings is 2. The van der Waals surface area contributed by atoms with Gasteiger partial charge in [0.25, 0.3) is 0 Å². The van der Waals surface area contributed by atoms with Crippen LogP contribution in [0.15, 0.2) is 24.3 Å². The fourth-order valence-corrected chi connectivity index (χ4v) is 6.58. The molecular formula is C30H40O4S. The van der Waals surface area contributed by atoms with Crippen LogP contribution in [0, 0.1) is 41.5 Å². The van der Waals surface area contributed by atoms with E-state index in [-0.39, 0.29) is 0 Å². The molecule has 0 atom stereocenters. The van der Waals surface area contributed by atoms with Gasteiger partial charge in [-0.2, -0.15) is 0 Å². The molecule has 0 aliphatic heterocycles. The van der Waals surface area contributed by atoms with E-state index in [4.69, 9.17) is 18.9 Å². The fraction of sp³-hybridized carbons (Fsp3) is 0.467. The van der Waals surface area contributed by atoms with Crippen molar-refractivity contribution in [2.24, 2.45) is 0 Å². The summed E-state index contributed by atoms with van der Waals surface area (Å²) in [5, 5.41) is 0. The first-order valence-corrected chi connectivity index (χ1v) is 13.0. The van der Waals surface area contributed by atoms with Gasteiger partial charge in [0.15, 0.2) is 0 Å². The van der Waals surface area contributed by atoms with Gasteiger partial charge in [0.2, 0.25) is 0 Å². The smallest absolute Gasteiger partial charge is 0.0736 e. The zero-order valence-corrected chi connectivity index (χ0v) is 23.4. The van der Waals surface area contributed by atoms with Gasteiger partial charge in [-0.1, -0.05) is 35.4 Å². The third-order valence-corrected chi connectivity index (χ3v) is 7.59. The molecule has 0 aliphatic carbocycles. The van der Waals surface area contributed by atoms with Crippen molar-refractivity contribution in [2.75, 3.05) is 40.6 Å². The maximum absolute atomic E-state index is 6.12. The average Bonchev–Trinajstić information content (AvgIpc) is 3.10. The number of thiophene rings is 1. The average molecular weight is 497 g/mol. The molecule has 3 rings (SSSR count). The first kappa shape index (κ1) is 27.6. The molecule has 1 heterocycles. The molecule has 5 heteroatoms. The van der Waals surface area contributed by atoms with Crippen LogP contribution >= 0.6 is 11.3 Å². The number of aryl methyl sites for hydroxylation is 6. The summed E-state index contributed by atoms with van der Waals surface area (Å²) in [6.07, 6.45) is 0. The van der Waals surface area contributed by atoms with E-state index < -0.39 is 0 Å². The van der Waals surface area contributed by atoms with E-state index in [0.29, 0.717) is 39.6 Å². The Kier molecular flexibility index (Phi) is 10.1. The number of hydrogen-bond donors (Lipinski definition) is 0. The second kappa shape index (κ2) is 12.8. The van der Waals surface area contributed by atoms with E-state index in [0.717, 1.165) is 0 Å². The Labute approximate surface area is 215 Å². The standard InChI is InChI=1S/C30H40O4S/c1-19-13-21(3)27(22(4)14-19)29-25(17-33-11-9-31-7)26(18-34-12-10-32-8)30(35-29)28-23(5)15-20(2)16-24(28)6/h13-16H,9-12,17-18H2,1-8H3. The largest absolute Gasteiger partial charge is 0.382 e. The molecule has 3 aromatic rings. The minimum Gasteiger partial charge on any atom is -0.382 e. The fourth-order valence-electron chi connectivity index (χ4n) is 4.92. The molecule has 0 aliphatic rings. The van der Waals surface area contributed by atoms with Crippen LogP contribution in [0.4, 0.5) is 0 Å². The Morgan fingerprint density at radius 2 is 0.886 bits per heavy atom. The molecule has 0 fully saturated rings. The third-order valence-electron chi connectivity index (χ3n) is 6.28. The van der Waals surface area contributed by atoms with Crippen molar-refractivity contribution in [1.29, 1.82) is 0 Å². The molecule has 0 radical (unpaired) electrons. The molecule has 2 aromatic carbocycles. The van der Waals surface area contributed by atoms with Gasteiger partial charge < -0.3 is 18.9 Å². The number of methoxy groups -OCH3 is 2. The van der Waals surface area contributed by atoms with Crippen molar-refractivity contribution in [3.63, 3.8) is 0 Å². The van der Waals surface area contributed by atoms with Crippen LogP contribution in [0.3, 0.4) is 0 Å². The summed E-state index contributed by atoms with van der Waals surface area (Å²) in [6.45, 7) is 16.5. The molecule has 4 nitrogen and oxygen atoms in total. The summed E-state index contributed by atoms with van der Waals surface area (Å²) in [5.41, 5.74) is 12.8. The van der Waals surface area contributed by atoms with Gasteiger partial charge in [-0.15, -0.1) is 11.3 Å². The normalized spacial score (nSPS) is 11.4. The summed E-state index contributed by atoms with van der Waals surface area (Å²) in [5.74, 6) is 0. The van der Waals surface area contributed by atoms with Crippen LogP contribution in [0.25, 0.3) is 20.9 Å². The zero-order chi connectivity index (χ0) is 25.5. The first-order chi connectivity index (χ1) is 16.8. The highest BCUT2D eigenvalue weighted by atomic mass is 32.1. The van der Waals surface area contributed by atoms with Gasteiger partial charge in [0.05, 0.1) is 39.6 Å². The predicted octanol–water partition coefficient (Wildman–Crippen LogP) is 7.26. The molecule has 0 saturated heterocycles. The molecule has 190 valence electrons. The van der Waals surface area contributed by atoms with Crippen LogP contribution in [0.1, 0.15) is 44.5 Å². The quantitative estimate of drug-likeness (QED) is 0.247. The molecule has 0 bridgehead atoms. The summed E-state index contributed by atoms with van der Waals surface area (Å²) in [7, 11) is 3.41. The highest BCUT2D eigenvalue weighted by molar-refractivity contribution is 7.19. The third kappa shape index (κ3) is 6.60. The SMILES string of the molecule is COCCOCc1c(-c2c(C)cc(C)cc2C)sc(-c2c(C)cc(C)cc2C)c1COCCOC. The van der Waals surface area contributed by atoms with Crippen LogP contribution < -0.4 is 0 Å². The lowest BCUT2D eigenvalue weighted by atomic mass is 9.93. The molecule has 1 aromatic heterocycles. The summed E-state index contributed by atoms with van der Waals surface area (Å²) in [6, 6.07) is 9.09. The highest BCUT2D eigenvalue weighted by Crippen LogP contribution is 2.47. The number of ether oxygens (including phenoxy) is 4. The number of hydrogen-bond acceptors (Lipinski definition) is 5. The molecule has 0 amide bonds. The Balaban J connectivity index is 2.24. The van der Waals surface area contributed by atoms with Gasteiger partial charge in [0.1, 0.15) is 0 Å². The summed E-state index contributed by atoms with van der Waals surface area (Å²) >= 11 is 1.87. The lowest BCUT2D eigenvalue weighted by molar-refractivity contribution is 0.0539. The maximum atomic E-state index is 6.12. The maximum Gasteiger partial charge on any atom is 0.0736 e. The van der Waals surface area contributed by atoms with Crippen molar-refractivity contribution in [2.45, 2.75) is 54.8 Å². The Bertz CT molecular complexity index is 1010. The van der Waals surface area contributed by atoms with Crippen LogP contribution in [-0.2, 0) is 32.2 Å². The van der Waals surface area contributed by atoms with Crippen molar-refractivity contribution in [1.82, 2.24) is 0 Å². The van der Waals surface area contributed by atoms with Crippen LogP contribution in [-0.4, -0.2) is 40.6 Å². The highest BCUT2D eigenvalue weighted by Gasteiger charge is 2.24. The minimum atomic E-state index is 0.523. The zero-order valence-electron chi connectivity index (χ0n) is 22.6. The molecule has 0 unspecified atom stereocenters.